The summed E-state index contributed by atoms with van der Waals surface area (Å²) in [6, 6.07) is 10.5. The van der Waals surface area contributed by atoms with E-state index in [-0.39, 0.29) is 18.4 Å². The minimum atomic E-state index is -0.794. The number of hydrogen-bond donors (Lipinski definition) is 2. The number of carbonyl (C=O) groups excluding carboxylic acids is 3. The first-order valence-electron chi connectivity index (χ1n) is 12.3. The number of hydrogen-bond acceptors (Lipinski definition) is 5. The van der Waals surface area contributed by atoms with Crippen LogP contribution in [-0.2, 0) is 9.59 Å². The molecule has 1 aromatic rings. The van der Waals surface area contributed by atoms with Gasteiger partial charge in [-0.15, -0.1) is 0 Å². The molecule has 0 bridgehead atoms. The first-order valence-corrected chi connectivity index (χ1v) is 12.3. The second-order valence-electron chi connectivity index (χ2n) is 10.0. The van der Waals surface area contributed by atoms with Crippen LogP contribution in [0, 0.1) is 5.92 Å². The van der Waals surface area contributed by atoms with Gasteiger partial charge in [-0.25, -0.2) is 4.79 Å². The summed E-state index contributed by atoms with van der Waals surface area (Å²) >= 11 is 0. The lowest BCUT2D eigenvalue weighted by Gasteiger charge is -2.40. The quantitative estimate of drug-likeness (QED) is 0.485. The van der Waals surface area contributed by atoms with Crippen LogP contribution in [0.1, 0.15) is 50.6 Å². The minimum Gasteiger partial charge on any atom is -0.354 e. The topological polar surface area (TPSA) is 85.0 Å². The molecular weight excluding hydrogens is 418 g/mol. The SMILES string of the molecule is CC1CCC2(CC1)NC(=O)N(CC(=O)NCCCN1CCN(C)CC1c1ccccc1)C2=O. The highest BCUT2D eigenvalue weighted by Crippen LogP contribution is 2.36. The molecule has 2 saturated heterocycles. The number of likely N-dealkylation sites (N-methyl/N-ethyl adjacent to an activating group) is 1. The van der Waals surface area contributed by atoms with E-state index in [4.69, 9.17) is 0 Å². The van der Waals surface area contributed by atoms with Crippen molar-refractivity contribution in [2.75, 3.05) is 46.3 Å². The molecule has 1 aromatic carbocycles. The van der Waals surface area contributed by atoms with Gasteiger partial charge in [0.2, 0.25) is 5.91 Å². The molecule has 2 aliphatic heterocycles. The van der Waals surface area contributed by atoms with E-state index in [0.717, 1.165) is 50.3 Å². The number of carbonyl (C=O) groups is 3. The number of nitrogens with one attached hydrogen (secondary N) is 2. The van der Waals surface area contributed by atoms with Crippen LogP contribution in [0.15, 0.2) is 30.3 Å². The lowest BCUT2D eigenvalue weighted by molar-refractivity contribution is -0.136. The number of rotatable bonds is 7. The van der Waals surface area contributed by atoms with Gasteiger partial charge in [-0.1, -0.05) is 37.3 Å². The maximum absolute atomic E-state index is 12.9. The van der Waals surface area contributed by atoms with Gasteiger partial charge in [0.1, 0.15) is 12.1 Å². The third-order valence-corrected chi connectivity index (χ3v) is 7.50. The van der Waals surface area contributed by atoms with Crippen LogP contribution in [0.25, 0.3) is 0 Å². The molecular formula is C25H37N5O3. The van der Waals surface area contributed by atoms with Crippen molar-refractivity contribution in [1.29, 1.82) is 0 Å². The highest BCUT2D eigenvalue weighted by molar-refractivity contribution is 6.09. The summed E-state index contributed by atoms with van der Waals surface area (Å²) in [5.74, 6) is 0.0508. The summed E-state index contributed by atoms with van der Waals surface area (Å²) in [5.41, 5.74) is 0.523. The highest BCUT2D eigenvalue weighted by Gasteiger charge is 2.52. The van der Waals surface area contributed by atoms with Gasteiger partial charge >= 0.3 is 6.03 Å². The van der Waals surface area contributed by atoms with E-state index < -0.39 is 11.6 Å². The van der Waals surface area contributed by atoms with Gasteiger partial charge in [-0.05, 0) is 50.6 Å². The largest absolute Gasteiger partial charge is 0.354 e. The van der Waals surface area contributed by atoms with Crippen molar-refractivity contribution in [1.82, 2.24) is 25.3 Å². The molecule has 3 fully saturated rings. The summed E-state index contributed by atoms with van der Waals surface area (Å²) in [4.78, 5) is 43.7. The molecule has 3 aliphatic rings. The molecule has 1 spiro atoms. The van der Waals surface area contributed by atoms with Gasteiger partial charge in [-0.3, -0.25) is 19.4 Å². The lowest BCUT2D eigenvalue weighted by Crippen LogP contribution is -2.50. The zero-order chi connectivity index (χ0) is 23.4. The van der Waals surface area contributed by atoms with Crippen molar-refractivity contribution in [3.05, 3.63) is 35.9 Å². The second-order valence-corrected chi connectivity index (χ2v) is 10.0. The van der Waals surface area contributed by atoms with Crippen molar-refractivity contribution < 1.29 is 14.4 Å². The van der Waals surface area contributed by atoms with E-state index in [1.807, 2.05) is 6.07 Å². The van der Waals surface area contributed by atoms with Gasteiger partial charge in [0.15, 0.2) is 0 Å². The van der Waals surface area contributed by atoms with Crippen LogP contribution < -0.4 is 10.6 Å². The third kappa shape index (κ3) is 5.38. The van der Waals surface area contributed by atoms with Gasteiger partial charge in [0.25, 0.3) is 5.91 Å². The fourth-order valence-corrected chi connectivity index (χ4v) is 5.34. The Morgan fingerprint density at radius 1 is 1.15 bits per heavy atom. The van der Waals surface area contributed by atoms with Gasteiger partial charge in [0.05, 0.1) is 0 Å². The number of benzene rings is 1. The van der Waals surface area contributed by atoms with Crippen LogP contribution >= 0.6 is 0 Å². The maximum Gasteiger partial charge on any atom is 0.325 e. The Morgan fingerprint density at radius 2 is 1.88 bits per heavy atom. The van der Waals surface area contributed by atoms with E-state index in [1.165, 1.54) is 5.56 Å². The molecule has 1 aliphatic carbocycles. The maximum atomic E-state index is 12.9. The Labute approximate surface area is 196 Å². The average molecular weight is 456 g/mol. The number of piperazine rings is 1. The molecule has 0 aromatic heterocycles. The molecule has 0 radical (unpaired) electrons. The van der Waals surface area contributed by atoms with Gasteiger partial charge in [0, 0.05) is 38.8 Å². The zero-order valence-corrected chi connectivity index (χ0v) is 19.9. The van der Waals surface area contributed by atoms with Crippen LogP contribution in [0.5, 0.6) is 0 Å². The average Bonchev–Trinajstić information content (AvgIpc) is 3.04. The molecule has 33 heavy (non-hydrogen) atoms. The Balaban J connectivity index is 1.23. The van der Waals surface area contributed by atoms with E-state index in [1.54, 1.807) is 0 Å². The minimum absolute atomic E-state index is 0.205. The monoisotopic (exact) mass is 455 g/mol. The van der Waals surface area contributed by atoms with Crippen LogP contribution in [0.4, 0.5) is 4.79 Å². The van der Waals surface area contributed by atoms with E-state index >= 15 is 0 Å². The molecule has 4 amide bonds. The smallest absolute Gasteiger partial charge is 0.325 e. The molecule has 1 saturated carbocycles. The number of urea groups is 1. The summed E-state index contributed by atoms with van der Waals surface area (Å²) in [7, 11) is 2.15. The molecule has 2 N–H and O–H groups in total. The molecule has 8 nitrogen and oxygen atoms in total. The first-order chi connectivity index (χ1) is 15.9. The number of imide groups is 1. The van der Waals surface area contributed by atoms with Crippen LogP contribution in [0.3, 0.4) is 0 Å². The number of amides is 4. The highest BCUT2D eigenvalue weighted by atomic mass is 16.2. The normalized spacial score (nSPS) is 28.8. The second kappa shape index (κ2) is 10.2. The predicted octanol–water partition coefficient (Wildman–Crippen LogP) is 1.98. The summed E-state index contributed by atoms with van der Waals surface area (Å²) < 4.78 is 0. The summed E-state index contributed by atoms with van der Waals surface area (Å²) in [5, 5.41) is 5.78. The summed E-state index contributed by atoms with van der Waals surface area (Å²) in [6.07, 6.45) is 3.97. The predicted molar refractivity (Wildman–Crippen MR) is 126 cm³/mol. The standard InChI is InChI=1S/C25H37N5O3/c1-19-9-11-25(12-10-19)23(32)30(24(33)27-25)18-22(31)26-13-6-14-29-16-15-28(2)17-21(29)20-7-4-3-5-8-20/h3-5,7-8,19,21H,6,9-18H2,1-2H3,(H,26,31)(H,27,33). The van der Waals surface area contributed by atoms with Crippen molar-refractivity contribution in [3.8, 4) is 0 Å². The molecule has 1 unspecified atom stereocenters. The Morgan fingerprint density at radius 3 is 2.61 bits per heavy atom. The molecule has 2 heterocycles. The third-order valence-electron chi connectivity index (χ3n) is 7.50. The fraction of sp³-hybridized carbons (Fsp3) is 0.640. The lowest BCUT2D eigenvalue weighted by atomic mass is 9.77. The molecule has 4 rings (SSSR count). The fourth-order valence-electron chi connectivity index (χ4n) is 5.34. The van der Waals surface area contributed by atoms with Gasteiger partial charge in [-0.2, -0.15) is 0 Å². The Hall–Kier alpha value is -2.45. The van der Waals surface area contributed by atoms with E-state index in [2.05, 4.69) is 58.7 Å². The molecule has 8 heteroatoms. The summed E-state index contributed by atoms with van der Waals surface area (Å²) in [6.45, 7) is 6.39. The van der Waals surface area contributed by atoms with Crippen molar-refractivity contribution in [2.24, 2.45) is 5.92 Å². The van der Waals surface area contributed by atoms with Crippen molar-refractivity contribution in [3.63, 3.8) is 0 Å². The number of nitrogens with zero attached hydrogens (tertiary/aromatic N) is 3. The Kier molecular flexibility index (Phi) is 7.34. The van der Waals surface area contributed by atoms with Crippen molar-refractivity contribution in [2.45, 2.75) is 50.6 Å². The Bertz CT molecular complexity index is 853. The molecule has 1 atom stereocenters. The zero-order valence-electron chi connectivity index (χ0n) is 19.9. The first kappa shape index (κ1) is 23.7. The van der Waals surface area contributed by atoms with Crippen molar-refractivity contribution >= 4 is 17.8 Å². The molecule has 180 valence electrons. The van der Waals surface area contributed by atoms with E-state index in [9.17, 15) is 14.4 Å². The van der Waals surface area contributed by atoms with Gasteiger partial charge < -0.3 is 15.5 Å². The van der Waals surface area contributed by atoms with Crippen LogP contribution in [0.2, 0.25) is 0 Å². The van der Waals surface area contributed by atoms with E-state index in [0.29, 0.717) is 31.3 Å². The van der Waals surface area contributed by atoms with Crippen LogP contribution in [-0.4, -0.2) is 84.4 Å².